The Hall–Kier alpha value is -3.47. The summed E-state index contributed by atoms with van der Waals surface area (Å²) < 4.78 is 0. The number of hydrogen-bond donors (Lipinski definition) is 0. The van der Waals surface area contributed by atoms with Crippen LogP contribution in [0.25, 0.3) is 11.1 Å². The quantitative estimate of drug-likeness (QED) is 0.651. The number of likely N-dealkylation sites (N-methyl/N-ethyl adjacent to an activating group) is 1. The molecular formula is C25H25N3O2. The highest BCUT2D eigenvalue weighted by atomic mass is 16.2. The van der Waals surface area contributed by atoms with E-state index in [0.717, 1.165) is 23.1 Å². The largest absolute Gasteiger partial charge is 0.340 e. The number of hydrogen-bond acceptors (Lipinski definition) is 3. The van der Waals surface area contributed by atoms with E-state index in [0.29, 0.717) is 25.1 Å². The molecule has 3 aromatic rings. The van der Waals surface area contributed by atoms with Crippen molar-refractivity contribution in [2.45, 2.75) is 25.4 Å². The van der Waals surface area contributed by atoms with Gasteiger partial charge < -0.3 is 9.80 Å². The van der Waals surface area contributed by atoms with Gasteiger partial charge in [-0.3, -0.25) is 14.6 Å². The number of likely N-dealkylation sites (tertiary alicyclic amines) is 1. The predicted molar refractivity (Wildman–Crippen MR) is 117 cm³/mol. The average molecular weight is 399 g/mol. The molecule has 2 amide bonds. The highest BCUT2D eigenvalue weighted by molar-refractivity contribution is 5.98. The summed E-state index contributed by atoms with van der Waals surface area (Å²) in [6.45, 7) is 1.14. The Morgan fingerprint density at radius 3 is 2.60 bits per heavy atom. The number of amides is 2. The van der Waals surface area contributed by atoms with E-state index in [2.05, 4.69) is 4.98 Å². The van der Waals surface area contributed by atoms with Crippen LogP contribution in [-0.2, 0) is 11.3 Å². The molecule has 0 N–H and O–H groups in total. The minimum atomic E-state index is -0.409. The summed E-state index contributed by atoms with van der Waals surface area (Å²) in [6, 6.07) is 20.9. The normalized spacial score (nSPS) is 15.8. The van der Waals surface area contributed by atoms with Gasteiger partial charge in [0.05, 0.1) is 0 Å². The van der Waals surface area contributed by atoms with Crippen LogP contribution in [0.3, 0.4) is 0 Å². The van der Waals surface area contributed by atoms with Gasteiger partial charge in [-0.05, 0) is 42.2 Å². The Morgan fingerprint density at radius 1 is 1.03 bits per heavy atom. The third-order valence-corrected chi connectivity index (χ3v) is 5.54. The highest BCUT2D eigenvalue weighted by Gasteiger charge is 2.36. The number of nitrogens with zero attached hydrogens (tertiary/aromatic N) is 3. The molecule has 0 aliphatic carbocycles. The van der Waals surface area contributed by atoms with Crippen LogP contribution in [0.2, 0.25) is 0 Å². The summed E-state index contributed by atoms with van der Waals surface area (Å²) in [5.41, 5.74) is 3.58. The SMILES string of the molecule is CN(Cc1ccccc1)C(=O)C1CCCN1C(=O)c1cccc(-c2cccnc2)c1. The van der Waals surface area contributed by atoms with Crippen molar-refractivity contribution in [1.29, 1.82) is 0 Å². The molecule has 0 bridgehead atoms. The van der Waals surface area contributed by atoms with Crippen LogP contribution in [0.5, 0.6) is 0 Å². The van der Waals surface area contributed by atoms with Gasteiger partial charge in [0.2, 0.25) is 5.91 Å². The summed E-state index contributed by atoms with van der Waals surface area (Å²) in [6.07, 6.45) is 5.05. The van der Waals surface area contributed by atoms with E-state index >= 15 is 0 Å². The lowest BCUT2D eigenvalue weighted by molar-refractivity contribution is -0.134. The molecule has 1 atom stereocenters. The first kappa shape index (κ1) is 19.8. The van der Waals surface area contributed by atoms with Crippen molar-refractivity contribution in [2.24, 2.45) is 0 Å². The van der Waals surface area contributed by atoms with Crippen molar-refractivity contribution in [2.75, 3.05) is 13.6 Å². The Kier molecular flexibility index (Phi) is 5.89. The zero-order valence-electron chi connectivity index (χ0n) is 17.1. The summed E-state index contributed by atoms with van der Waals surface area (Å²) in [5.74, 6) is -0.0992. The van der Waals surface area contributed by atoms with Crippen LogP contribution in [0.15, 0.2) is 79.1 Å². The van der Waals surface area contributed by atoms with Crippen molar-refractivity contribution in [3.63, 3.8) is 0 Å². The predicted octanol–water partition coefficient (Wildman–Crippen LogP) is 4.01. The first-order valence-corrected chi connectivity index (χ1v) is 10.2. The average Bonchev–Trinajstić information content (AvgIpc) is 3.29. The van der Waals surface area contributed by atoms with Crippen LogP contribution in [-0.4, -0.2) is 46.2 Å². The fourth-order valence-corrected chi connectivity index (χ4v) is 3.99. The van der Waals surface area contributed by atoms with Crippen LogP contribution in [0.1, 0.15) is 28.8 Å². The number of benzene rings is 2. The van der Waals surface area contributed by atoms with Crippen molar-refractivity contribution >= 4 is 11.8 Å². The monoisotopic (exact) mass is 399 g/mol. The Morgan fingerprint density at radius 2 is 1.83 bits per heavy atom. The minimum Gasteiger partial charge on any atom is -0.340 e. The molecule has 1 saturated heterocycles. The van der Waals surface area contributed by atoms with Crippen LogP contribution >= 0.6 is 0 Å². The number of carbonyl (C=O) groups is 2. The summed E-state index contributed by atoms with van der Waals surface area (Å²) >= 11 is 0. The van der Waals surface area contributed by atoms with Gasteiger partial charge in [0.25, 0.3) is 5.91 Å². The second kappa shape index (κ2) is 8.91. The van der Waals surface area contributed by atoms with Gasteiger partial charge >= 0.3 is 0 Å². The molecule has 5 nitrogen and oxygen atoms in total. The molecule has 152 valence electrons. The molecule has 1 aliphatic rings. The smallest absolute Gasteiger partial charge is 0.254 e. The van der Waals surface area contributed by atoms with Gasteiger partial charge in [0.15, 0.2) is 0 Å². The lowest BCUT2D eigenvalue weighted by Gasteiger charge is -2.28. The molecule has 0 spiro atoms. The standard InChI is InChI=1S/C25H25N3O2/c1-27(18-19-8-3-2-4-9-19)25(30)23-13-7-15-28(23)24(29)21-11-5-10-20(16-21)22-12-6-14-26-17-22/h2-6,8-12,14,16-17,23H,7,13,15,18H2,1H3. The molecule has 30 heavy (non-hydrogen) atoms. The van der Waals surface area contributed by atoms with Crippen LogP contribution < -0.4 is 0 Å². The highest BCUT2D eigenvalue weighted by Crippen LogP contribution is 2.25. The van der Waals surface area contributed by atoms with Crippen molar-refractivity contribution < 1.29 is 9.59 Å². The third kappa shape index (κ3) is 4.25. The van der Waals surface area contributed by atoms with Gasteiger partial charge in [-0.2, -0.15) is 0 Å². The molecule has 1 unspecified atom stereocenters. The molecular weight excluding hydrogens is 374 g/mol. The first-order valence-electron chi connectivity index (χ1n) is 10.2. The molecule has 1 fully saturated rings. The van der Waals surface area contributed by atoms with E-state index in [1.165, 1.54) is 0 Å². The van der Waals surface area contributed by atoms with Gasteiger partial charge in [-0.15, -0.1) is 0 Å². The molecule has 1 aromatic heterocycles. The van der Waals surface area contributed by atoms with Gasteiger partial charge in [0, 0.05) is 43.7 Å². The topological polar surface area (TPSA) is 53.5 Å². The maximum Gasteiger partial charge on any atom is 0.254 e. The molecule has 5 heteroatoms. The van der Waals surface area contributed by atoms with E-state index in [-0.39, 0.29) is 11.8 Å². The summed E-state index contributed by atoms with van der Waals surface area (Å²) in [5, 5.41) is 0. The lowest BCUT2D eigenvalue weighted by atomic mass is 10.0. The second-order valence-corrected chi connectivity index (χ2v) is 7.66. The first-order chi connectivity index (χ1) is 14.6. The molecule has 0 radical (unpaired) electrons. The second-order valence-electron chi connectivity index (χ2n) is 7.66. The number of rotatable bonds is 5. The Balaban J connectivity index is 1.50. The Labute approximate surface area is 177 Å². The zero-order chi connectivity index (χ0) is 20.9. The maximum absolute atomic E-state index is 13.3. The van der Waals surface area contributed by atoms with Gasteiger partial charge in [0.1, 0.15) is 6.04 Å². The number of carbonyl (C=O) groups excluding carboxylic acids is 2. The number of aromatic nitrogens is 1. The van der Waals surface area contributed by atoms with E-state index in [9.17, 15) is 9.59 Å². The Bertz CT molecular complexity index is 1020. The van der Waals surface area contributed by atoms with E-state index in [4.69, 9.17) is 0 Å². The van der Waals surface area contributed by atoms with E-state index in [1.54, 1.807) is 29.2 Å². The molecule has 2 heterocycles. The minimum absolute atomic E-state index is 0.00637. The van der Waals surface area contributed by atoms with Crippen LogP contribution in [0, 0.1) is 0 Å². The molecule has 1 aliphatic heterocycles. The molecule has 2 aromatic carbocycles. The van der Waals surface area contributed by atoms with E-state index in [1.807, 2.05) is 66.7 Å². The lowest BCUT2D eigenvalue weighted by Crippen LogP contribution is -2.46. The van der Waals surface area contributed by atoms with Gasteiger partial charge in [-0.1, -0.05) is 48.5 Å². The fourth-order valence-electron chi connectivity index (χ4n) is 3.99. The summed E-state index contributed by atoms with van der Waals surface area (Å²) in [4.78, 5) is 34.0. The summed E-state index contributed by atoms with van der Waals surface area (Å²) in [7, 11) is 1.80. The zero-order valence-corrected chi connectivity index (χ0v) is 17.1. The molecule has 4 rings (SSSR count). The van der Waals surface area contributed by atoms with Crippen molar-refractivity contribution in [1.82, 2.24) is 14.8 Å². The number of pyridine rings is 1. The van der Waals surface area contributed by atoms with Crippen LogP contribution in [0.4, 0.5) is 0 Å². The van der Waals surface area contributed by atoms with E-state index < -0.39 is 6.04 Å². The van der Waals surface area contributed by atoms with Crippen molar-refractivity contribution in [3.8, 4) is 11.1 Å². The van der Waals surface area contributed by atoms with Gasteiger partial charge in [-0.25, -0.2) is 0 Å². The fraction of sp³-hybridized carbons (Fsp3) is 0.240. The third-order valence-electron chi connectivity index (χ3n) is 5.54. The maximum atomic E-state index is 13.3. The van der Waals surface area contributed by atoms with Crippen molar-refractivity contribution in [3.05, 3.63) is 90.3 Å². The molecule has 0 saturated carbocycles.